The third-order valence-electron chi connectivity index (χ3n) is 4.78. The van der Waals surface area contributed by atoms with E-state index in [0.29, 0.717) is 18.9 Å². The van der Waals surface area contributed by atoms with Crippen LogP contribution in [-0.2, 0) is 4.79 Å². The van der Waals surface area contributed by atoms with Crippen LogP contribution >= 0.6 is 24.0 Å². The molecule has 1 aromatic rings. The molecule has 0 aliphatic carbocycles. The first-order valence-corrected chi connectivity index (χ1v) is 9.41. The zero-order valence-electron chi connectivity index (χ0n) is 16.8. The van der Waals surface area contributed by atoms with Crippen LogP contribution in [0.3, 0.4) is 0 Å². The Kier molecular flexibility index (Phi) is 10.5. The number of nitrogens with one attached hydrogen (secondary N) is 2. The number of likely N-dealkylation sites (tertiary alicyclic amines) is 1. The van der Waals surface area contributed by atoms with E-state index in [9.17, 15) is 4.79 Å². The normalized spacial score (nSPS) is 16.3. The monoisotopic (exact) mass is 488 g/mol. The van der Waals surface area contributed by atoms with E-state index in [0.717, 1.165) is 37.6 Å². The van der Waals surface area contributed by atoms with Crippen LogP contribution in [0.5, 0.6) is 5.75 Å². The summed E-state index contributed by atoms with van der Waals surface area (Å²) >= 11 is 0. The summed E-state index contributed by atoms with van der Waals surface area (Å²) in [6.45, 7) is 6.66. The number of carbonyl (C=O) groups is 1. The molecular formula is C20H33IN4O2. The Bertz CT molecular complexity index is 599. The summed E-state index contributed by atoms with van der Waals surface area (Å²) < 4.78 is 5.94. The van der Waals surface area contributed by atoms with Gasteiger partial charge in [-0.2, -0.15) is 0 Å². The number of aliphatic imine (C=N–C) groups is 1. The first-order chi connectivity index (χ1) is 12.5. The van der Waals surface area contributed by atoms with Gasteiger partial charge in [0, 0.05) is 33.6 Å². The number of hydrogen-bond donors (Lipinski definition) is 2. The predicted molar refractivity (Wildman–Crippen MR) is 121 cm³/mol. The summed E-state index contributed by atoms with van der Waals surface area (Å²) in [5.41, 5.74) is 1.23. The molecule has 1 saturated heterocycles. The molecule has 27 heavy (non-hydrogen) atoms. The lowest BCUT2D eigenvalue weighted by atomic mass is 9.93. The molecule has 0 bridgehead atoms. The van der Waals surface area contributed by atoms with Crippen molar-refractivity contribution in [1.29, 1.82) is 0 Å². The second-order valence-corrected chi connectivity index (χ2v) is 6.98. The molecule has 1 aliphatic rings. The Hall–Kier alpha value is -1.51. The molecule has 0 spiro atoms. The van der Waals surface area contributed by atoms with E-state index in [4.69, 9.17) is 4.74 Å². The lowest BCUT2D eigenvalue weighted by Crippen LogP contribution is -2.48. The third kappa shape index (κ3) is 7.94. The van der Waals surface area contributed by atoms with E-state index >= 15 is 0 Å². The van der Waals surface area contributed by atoms with Gasteiger partial charge in [-0.15, -0.1) is 24.0 Å². The van der Waals surface area contributed by atoms with Gasteiger partial charge in [-0.3, -0.25) is 9.79 Å². The molecule has 1 atom stereocenters. The minimum absolute atomic E-state index is 0. The molecule has 2 rings (SSSR count). The van der Waals surface area contributed by atoms with Crippen LogP contribution in [0, 0.1) is 12.8 Å². The molecule has 1 fully saturated rings. The van der Waals surface area contributed by atoms with Crippen molar-refractivity contribution in [3.63, 3.8) is 0 Å². The molecule has 1 aromatic carbocycles. The summed E-state index contributed by atoms with van der Waals surface area (Å²) in [5.74, 6) is 2.39. The van der Waals surface area contributed by atoms with Gasteiger partial charge in [-0.25, -0.2) is 0 Å². The van der Waals surface area contributed by atoms with Crippen LogP contribution < -0.4 is 15.4 Å². The van der Waals surface area contributed by atoms with E-state index in [1.54, 1.807) is 7.05 Å². The highest BCUT2D eigenvalue weighted by molar-refractivity contribution is 14.0. The number of aryl methyl sites for hydroxylation is 1. The van der Waals surface area contributed by atoms with Crippen molar-refractivity contribution in [2.45, 2.75) is 39.2 Å². The highest BCUT2D eigenvalue weighted by atomic mass is 127. The fraction of sp³-hybridized carbons (Fsp3) is 0.600. The van der Waals surface area contributed by atoms with Crippen molar-refractivity contribution in [3.8, 4) is 5.75 Å². The molecule has 0 radical (unpaired) electrons. The largest absolute Gasteiger partial charge is 0.489 e. The summed E-state index contributed by atoms with van der Waals surface area (Å²) in [6.07, 6.45) is 2.70. The fourth-order valence-electron chi connectivity index (χ4n) is 3.17. The van der Waals surface area contributed by atoms with Gasteiger partial charge in [0.1, 0.15) is 11.9 Å². The fourth-order valence-corrected chi connectivity index (χ4v) is 3.17. The Labute approximate surface area is 180 Å². The maximum Gasteiger partial charge on any atom is 0.220 e. The van der Waals surface area contributed by atoms with E-state index in [-0.39, 0.29) is 36.0 Å². The number of piperidine rings is 1. The van der Waals surface area contributed by atoms with E-state index < -0.39 is 0 Å². The number of guanidine groups is 1. The second kappa shape index (κ2) is 12.0. The third-order valence-corrected chi connectivity index (χ3v) is 4.78. The standard InChI is InChI=1S/C20H32N4O2.HI/c1-15-5-7-18(8-6-15)26-16(2)14-23-20(22-4)24-11-9-17(10-12-24)13-19(25)21-3;/h5-8,16-17H,9-14H2,1-4H3,(H,21,25)(H,22,23);1H. The average Bonchev–Trinajstić information content (AvgIpc) is 2.65. The van der Waals surface area contributed by atoms with Gasteiger partial charge < -0.3 is 20.3 Å². The number of nitrogens with zero attached hydrogens (tertiary/aromatic N) is 2. The van der Waals surface area contributed by atoms with Gasteiger partial charge in [-0.05, 0) is 44.7 Å². The SMILES string of the molecule is CN=C(NCC(C)Oc1ccc(C)cc1)N1CCC(CC(=O)NC)CC1.I. The molecule has 7 heteroatoms. The highest BCUT2D eigenvalue weighted by Gasteiger charge is 2.23. The summed E-state index contributed by atoms with van der Waals surface area (Å²) in [5, 5.41) is 6.12. The second-order valence-electron chi connectivity index (χ2n) is 6.98. The smallest absolute Gasteiger partial charge is 0.220 e. The molecule has 1 unspecified atom stereocenters. The maximum atomic E-state index is 11.5. The molecule has 0 saturated carbocycles. The van der Waals surface area contributed by atoms with Gasteiger partial charge in [-0.1, -0.05) is 17.7 Å². The Balaban J connectivity index is 0.00000364. The lowest BCUT2D eigenvalue weighted by molar-refractivity contribution is -0.121. The number of hydrogen-bond acceptors (Lipinski definition) is 3. The lowest BCUT2D eigenvalue weighted by Gasteiger charge is -2.34. The zero-order valence-corrected chi connectivity index (χ0v) is 19.2. The van der Waals surface area contributed by atoms with E-state index in [1.165, 1.54) is 5.56 Å². The number of ether oxygens (including phenoxy) is 1. The van der Waals surface area contributed by atoms with Crippen molar-refractivity contribution >= 4 is 35.8 Å². The number of carbonyl (C=O) groups excluding carboxylic acids is 1. The van der Waals surface area contributed by atoms with Gasteiger partial charge in [0.05, 0.1) is 6.54 Å². The topological polar surface area (TPSA) is 66.0 Å². The Morgan fingerprint density at radius 2 is 1.93 bits per heavy atom. The molecule has 1 amide bonds. The maximum absolute atomic E-state index is 11.5. The first-order valence-electron chi connectivity index (χ1n) is 9.41. The van der Waals surface area contributed by atoms with Crippen molar-refractivity contribution in [2.24, 2.45) is 10.9 Å². The van der Waals surface area contributed by atoms with Crippen LogP contribution in [0.4, 0.5) is 0 Å². The molecule has 152 valence electrons. The highest BCUT2D eigenvalue weighted by Crippen LogP contribution is 2.20. The van der Waals surface area contributed by atoms with E-state index in [2.05, 4.69) is 46.5 Å². The minimum atomic E-state index is 0. The number of halogens is 1. The summed E-state index contributed by atoms with van der Waals surface area (Å²) in [4.78, 5) is 18.2. The quantitative estimate of drug-likeness (QED) is 0.367. The number of rotatable bonds is 6. The van der Waals surface area contributed by atoms with Crippen molar-refractivity contribution < 1.29 is 9.53 Å². The minimum Gasteiger partial charge on any atom is -0.489 e. The van der Waals surface area contributed by atoms with Crippen LogP contribution in [0.2, 0.25) is 0 Å². The molecule has 1 aliphatic heterocycles. The predicted octanol–water partition coefficient (Wildman–Crippen LogP) is 2.80. The molecular weight excluding hydrogens is 455 g/mol. The van der Waals surface area contributed by atoms with Gasteiger partial charge in [0.2, 0.25) is 5.91 Å². The Morgan fingerprint density at radius 3 is 2.48 bits per heavy atom. The summed E-state index contributed by atoms with van der Waals surface area (Å²) in [7, 11) is 3.51. The Morgan fingerprint density at radius 1 is 1.30 bits per heavy atom. The van der Waals surface area contributed by atoms with Crippen molar-refractivity contribution in [1.82, 2.24) is 15.5 Å². The van der Waals surface area contributed by atoms with Gasteiger partial charge >= 0.3 is 0 Å². The van der Waals surface area contributed by atoms with Crippen LogP contribution in [0.15, 0.2) is 29.3 Å². The molecule has 6 nitrogen and oxygen atoms in total. The van der Waals surface area contributed by atoms with Gasteiger partial charge in [0.25, 0.3) is 0 Å². The van der Waals surface area contributed by atoms with E-state index in [1.807, 2.05) is 19.2 Å². The van der Waals surface area contributed by atoms with Crippen molar-refractivity contribution in [3.05, 3.63) is 29.8 Å². The van der Waals surface area contributed by atoms with Gasteiger partial charge in [0.15, 0.2) is 5.96 Å². The number of benzene rings is 1. The molecule has 2 N–H and O–H groups in total. The van der Waals surface area contributed by atoms with Crippen LogP contribution in [0.1, 0.15) is 31.7 Å². The molecule has 0 aromatic heterocycles. The molecule has 1 heterocycles. The first kappa shape index (κ1) is 23.5. The number of amides is 1. The van der Waals surface area contributed by atoms with Crippen molar-refractivity contribution in [2.75, 3.05) is 33.7 Å². The average molecular weight is 488 g/mol. The summed E-state index contributed by atoms with van der Waals surface area (Å²) in [6, 6.07) is 8.10. The van der Waals surface area contributed by atoms with Crippen LogP contribution in [-0.4, -0.2) is 56.6 Å². The van der Waals surface area contributed by atoms with Crippen LogP contribution in [0.25, 0.3) is 0 Å². The zero-order chi connectivity index (χ0) is 18.9.